The van der Waals surface area contributed by atoms with E-state index in [1.165, 1.54) is 30.6 Å². The van der Waals surface area contributed by atoms with Crippen LogP contribution >= 0.6 is 22.9 Å². The number of hydrogen-bond donors (Lipinski definition) is 2. The normalized spacial score (nSPS) is 11.4. The highest BCUT2D eigenvalue weighted by Crippen LogP contribution is 2.33. The van der Waals surface area contributed by atoms with Crippen molar-refractivity contribution in [3.63, 3.8) is 0 Å². The van der Waals surface area contributed by atoms with E-state index >= 15 is 0 Å². The number of carbonyl (C=O) groups is 4. The van der Waals surface area contributed by atoms with Gasteiger partial charge in [-0.05, 0) is 42.5 Å². The number of esters is 2. The van der Waals surface area contributed by atoms with Crippen molar-refractivity contribution in [2.45, 2.75) is 12.5 Å². The van der Waals surface area contributed by atoms with E-state index in [1.807, 2.05) is 30.3 Å². The molecule has 0 fully saturated rings. The molecule has 0 saturated carbocycles. The lowest BCUT2D eigenvalue weighted by Gasteiger charge is -2.15. The zero-order valence-corrected chi connectivity index (χ0v) is 22.4. The van der Waals surface area contributed by atoms with Gasteiger partial charge in [-0.2, -0.15) is 5.10 Å². The summed E-state index contributed by atoms with van der Waals surface area (Å²) < 4.78 is 11.4. The van der Waals surface area contributed by atoms with E-state index in [0.717, 1.165) is 12.8 Å². The highest BCUT2D eigenvalue weighted by Gasteiger charge is 2.26. The number of benzene rings is 2. The standard InChI is InChI=1S/C27H23ClN4O6S/c1-37-23(33)14-20(27(36)38-2)30-25(34)16-7-6-8-17(13-16)29-26(35)19-15-32(18-9-4-3-5-10-18)31-24(19)21-11-12-22(28)39-21/h3-13,15,20H,14H2,1-2H3,(H,29,35)(H,30,34)/t20-/m0/s1. The van der Waals surface area contributed by atoms with E-state index in [4.69, 9.17) is 11.6 Å². The minimum atomic E-state index is -1.24. The number of methoxy groups -OCH3 is 2. The molecule has 0 aliphatic carbocycles. The second-order valence-corrected chi connectivity index (χ2v) is 9.85. The number of amides is 2. The van der Waals surface area contributed by atoms with Crippen LogP contribution in [0.3, 0.4) is 0 Å². The maximum atomic E-state index is 13.4. The second kappa shape index (κ2) is 12.4. The molecule has 2 N–H and O–H groups in total. The van der Waals surface area contributed by atoms with Crippen molar-refractivity contribution in [1.29, 1.82) is 0 Å². The van der Waals surface area contributed by atoms with Crippen LogP contribution in [-0.4, -0.2) is 53.8 Å². The molecule has 0 saturated heterocycles. The van der Waals surface area contributed by atoms with E-state index in [1.54, 1.807) is 35.1 Å². The van der Waals surface area contributed by atoms with Crippen LogP contribution in [0.5, 0.6) is 0 Å². The fourth-order valence-electron chi connectivity index (χ4n) is 3.64. The number of rotatable bonds is 9. The summed E-state index contributed by atoms with van der Waals surface area (Å²) in [5.74, 6) is -2.58. The van der Waals surface area contributed by atoms with Gasteiger partial charge in [0.15, 0.2) is 0 Å². The van der Waals surface area contributed by atoms with Gasteiger partial charge in [0.05, 0.1) is 41.1 Å². The van der Waals surface area contributed by atoms with Gasteiger partial charge >= 0.3 is 11.9 Å². The Balaban J connectivity index is 1.57. The maximum Gasteiger partial charge on any atom is 0.328 e. The Labute approximate surface area is 232 Å². The molecule has 0 radical (unpaired) electrons. The van der Waals surface area contributed by atoms with Crippen LogP contribution in [-0.2, 0) is 19.1 Å². The molecule has 4 aromatic rings. The fraction of sp³-hybridized carbons (Fsp3) is 0.148. The third-order valence-electron chi connectivity index (χ3n) is 5.56. The molecule has 1 atom stereocenters. The minimum Gasteiger partial charge on any atom is -0.469 e. The molecule has 4 rings (SSSR count). The summed E-state index contributed by atoms with van der Waals surface area (Å²) >= 11 is 7.43. The van der Waals surface area contributed by atoms with Crippen LogP contribution in [0.2, 0.25) is 4.34 Å². The largest absolute Gasteiger partial charge is 0.469 e. The van der Waals surface area contributed by atoms with Crippen molar-refractivity contribution in [3.05, 3.63) is 88.4 Å². The van der Waals surface area contributed by atoms with Gasteiger partial charge in [0.2, 0.25) is 0 Å². The van der Waals surface area contributed by atoms with E-state index in [0.29, 0.717) is 26.2 Å². The van der Waals surface area contributed by atoms with Crippen molar-refractivity contribution in [3.8, 4) is 16.3 Å². The highest BCUT2D eigenvalue weighted by atomic mass is 35.5. The lowest BCUT2D eigenvalue weighted by molar-refractivity contribution is -0.149. The van der Waals surface area contributed by atoms with Crippen molar-refractivity contribution in [1.82, 2.24) is 15.1 Å². The summed E-state index contributed by atoms with van der Waals surface area (Å²) in [6, 6.07) is 17.8. The monoisotopic (exact) mass is 566 g/mol. The van der Waals surface area contributed by atoms with Gasteiger partial charge in [-0.1, -0.05) is 35.9 Å². The molecule has 39 heavy (non-hydrogen) atoms. The predicted octanol–water partition coefficient (Wildman–Crippen LogP) is 4.34. The number of ether oxygens (including phenoxy) is 2. The molecule has 12 heteroatoms. The molecule has 2 aromatic carbocycles. The highest BCUT2D eigenvalue weighted by molar-refractivity contribution is 7.19. The molecule has 2 heterocycles. The Hall–Kier alpha value is -4.48. The van der Waals surface area contributed by atoms with Crippen molar-refractivity contribution in [2.24, 2.45) is 0 Å². The molecule has 0 bridgehead atoms. The first-order chi connectivity index (χ1) is 18.8. The van der Waals surface area contributed by atoms with Crippen LogP contribution in [0.4, 0.5) is 5.69 Å². The third-order valence-corrected chi connectivity index (χ3v) is 6.80. The summed E-state index contributed by atoms with van der Waals surface area (Å²) in [4.78, 5) is 50.6. The first-order valence-corrected chi connectivity index (χ1v) is 12.8. The molecule has 0 aliphatic heterocycles. The average molecular weight is 567 g/mol. The van der Waals surface area contributed by atoms with Gasteiger partial charge in [-0.3, -0.25) is 14.4 Å². The number of hydrogen-bond acceptors (Lipinski definition) is 8. The molecule has 200 valence electrons. The molecule has 0 aliphatic rings. The van der Waals surface area contributed by atoms with Gasteiger partial charge in [-0.25, -0.2) is 9.48 Å². The zero-order valence-electron chi connectivity index (χ0n) is 20.8. The summed E-state index contributed by atoms with van der Waals surface area (Å²) in [6.07, 6.45) is 1.23. The van der Waals surface area contributed by atoms with Crippen LogP contribution in [0.25, 0.3) is 16.3 Å². The molecular weight excluding hydrogens is 544 g/mol. The summed E-state index contributed by atoms with van der Waals surface area (Å²) in [7, 11) is 2.32. The van der Waals surface area contributed by atoms with Crippen LogP contribution in [0, 0.1) is 0 Å². The molecule has 10 nitrogen and oxygen atoms in total. The predicted molar refractivity (Wildman–Crippen MR) is 146 cm³/mol. The number of nitrogens with one attached hydrogen (secondary N) is 2. The van der Waals surface area contributed by atoms with Gasteiger partial charge in [0.1, 0.15) is 11.7 Å². The Morgan fingerprint density at radius 2 is 1.74 bits per heavy atom. The van der Waals surface area contributed by atoms with Gasteiger partial charge < -0.3 is 20.1 Å². The summed E-state index contributed by atoms with van der Waals surface area (Å²) in [5, 5.41) is 9.88. The minimum absolute atomic E-state index is 0.150. The van der Waals surface area contributed by atoms with E-state index < -0.39 is 36.2 Å². The van der Waals surface area contributed by atoms with E-state index in [-0.39, 0.29) is 5.56 Å². The second-order valence-electron chi connectivity index (χ2n) is 8.14. The topological polar surface area (TPSA) is 129 Å². The van der Waals surface area contributed by atoms with Crippen molar-refractivity contribution < 1.29 is 28.7 Å². The van der Waals surface area contributed by atoms with Crippen molar-refractivity contribution in [2.75, 3.05) is 19.5 Å². The first-order valence-electron chi connectivity index (χ1n) is 11.6. The lowest BCUT2D eigenvalue weighted by Crippen LogP contribution is -2.43. The molecular formula is C27H23ClN4O6S. The average Bonchev–Trinajstić information content (AvgIpc) is 3.59. The molecule has 2 amide bonds. The van der Waals surface area contributed by atoms with E-state index in [2.05, 4.69) is 25.2 Å². The smallest absolute Gasteiger partial charge is 0.328 e. The van der Waals surface area contributed by atoms with Gasteiger partial charge in [0.25, 0.3) is 11.8 Å². The van der Waals surface area contributed by atoms with Crippen molar-refractivity contribution >= 4 is 52.4 Å². The quantitative estimate of drug-likeness (QED) is 0.288. The Bertz CT molecular complexity index is 1520. The third kappa shape index (κ3) is 6.70. The number of nitrogens with zero attached hydrogens (tertiary/aromatic N) is 2. The maximum absolute atomic E-state index is 13.4. The number of carbonyl (C=O) groups excluding carboxylic acids is 4. The molecule has 0 spiro atoms. The van der Waals surface area contributed by atoms with Crippen LogP contribution in [0.1, 0.15) is 27.1 Å². The number of anilines is 1. The number of para-hydroxylation sites is 1. The Morgan fingerprint density at radius 1 is 0.974 bits per heavy atom. The Morgan fingerprint density at radius 3 is 2.41 bits per heavy atom. The molecule has 0 unspecified atom stereocenters. The van der Waals surface area contributed by atoms with Crippen LogP contribution in [0.15, 0.2) is 72.9 Å². The first kappa shape index (κ1) is 27.6. The summed E-state index contributed by atoms with van der Waals surface area (Å²) in [6.45, 7) is 0. The van der Waals surface area contributed by atoms with E-state index in [9.17, 15) is 19.2 Å². The SMILES string of the molecule is COC(=O)C[C@H](NC(=O)c1cccc(NC(=O)c2cn(-c3ccccc3)nc2-c2ccc(Cl)s2)c1)C(=O)OC. The lowest BCUT2D eigenvalue weighted by atomic mass is 10.1. The summed E-state index contributed by atoms with van der Waals surface area (Å²) in [5.41, 5.74) is 2.00. The number of aromatic nitrogens is 2. The number of thiophene rings is 1. The van der Waals surface area contributed by atoms with Gasteiger partial charge in [-0.15, -0.1) is 11.3 Å². The fourth-order valence-corrected chi connectivity index (χ4v) is 4.68. The number of halogens is 1. The Kier molecular flexibility index (Phi) is 8.74. The zero-order chi connectivity index (χ0) is 27.9. The molecule has 2 aromatic heterocycles. The van der Waals surface area contributed by atoms with Gasteiger partial charge in [0, 0.05) is 17.4 Å². The van der Waals surface area contributed by atoms with Crippen LogP contribution < -0.4 is 10.6 Å².